The molecule has 0 radical (unpaired) electrons. The lowest BCUT2D eigenvalue weighted by Crippen LogP contribution is -2.31. The number of benzene rings is 2. The number of hydrogen-bond donors (Lipinski definition) is 2. The van der Waals surface area contributed by atoms with Crippen molar-refractivity contribution in [2.45, 2.75) is 18.6 Å². The molecule has 0 aliphatic carbocycles. The van der Waals surface area contributed by atoms with Crippen LogP contribution in [0.3, 0.4) is 0 Å². The Balaban J connectivity index is 2.12. The molecule has 0 fully saturated rings. The molecule has 0 bridgehead atoms. The van der Waals surface area contributed by atoms with Gasteiger partial charge in [0.15, 0.2) is 0 Å². The number of rotatable bonds is 4. The molecule has 2 nitrogen and oxygen atoms in total. The molecular formula is C15H15F2NO. The monoisotopic (exact) mass is 263 g/mol. The first-order valence-electron chi connectivity index (χ1n) is 6.00. The molecule has 0 aliphatic heterocycles. The Bertz CT molecular complexity index is 545. The summed E-state index contributed by atoms with van der Waals surface area (Å²) in [5, 5.41) is 10.0. The fourth-order valence-electron chi connectivity index (χ4n) is 1.97. The van der Waals surface area contributed by atoms with Gasteiger partial charge in [-0.2, -0.15) is 0 Å². The zero-order chi connectivity index (χ0) is 13.8. The van der Waals surface area contributed by atoms with Crippen LogP contribution in [0.15, 0.2) is 48.5 Å². The minimum absolute atomic E-state index is 0.0184. The van der Waals surface area contributed by atoms with E-state index in [0.29, 0.717) is 6.42 Å². The second-order valence-corrected chi connectivity index (χ2v) is 4.46. The van der Waals surface area contributed by atoms with Gasteiger partial charge in [-0.15, -0.1) is 0 Å². The quantitative estimate of drug-likeness (QED) is 0.890. The molecule has 2 unspecified atom stereocenters. The number of aliphatic hydroxyl groups is 1. The summed E-state index contributed by atoms with van der Waals surface area (Å²) >= 11 is 0. The summed E-state index contributed by atoms with van der Waals surface area (Å²) in [6, 6.07) is 11.8. The molecule has 4 heteroatoms. The summed E-state index contributed by atoms with van der Waals surface area (Å²) in [6.45, 7) is 0. The van der Waals surface area contributed by atoms with E-state index in [4.69, 9.17) is 5.73 Å². The van der Waals surface area contributed by atoms with Gasteiger partial charge in [-0.05, 0) is 18.1 Å². The molecule has 2 aromatic carbocycles. The summed E-state index contributed by atoms with van der Waals surface area (Å²) in [5.74, 6) is -1.46. The van der Waals surface area contributed by atoms with Crippen LogP contribution in [0.1, 0.15) is 17.2 Å². The second-order valence-electron chi connectivity index (χ2n) is 4.46. The maximum absolute atomic E-state index is 13.5. The summed E-state index contributed by atoms with van der Waals surface area (Å²) in [4.78, 5) is 0. The Morgan fingerprint density at radius 2 is 1.74 bits per heavy atom. The average Bonchev–Trinajstić information content (AvgIpc) is 2.39. The summed E-state index contributed by atoms with van der Waals surface area (Å²) < 4.78 is 26.4. The van der Waals surface area contributed by atoms with E-state index in [1.807, 2.05) is 30.3 Å². The van der Waals surface area contributed by atoms with Crippen molar-refractivity contribution in [3.8, 4) is 0 Å². The van der Waals surface area contributed by atoms with E-state index in [0.717, 1.165) is 17.7 Å². The number of nitrogens with two attached hydrogens (primary N) is 1. The highest BCUT2D eigenvalue weighted by atomic mass is 19.1. The first-order chi connectivity index (χ1) is 9.08. The minimum atomic E-state index is -1.17. The van der Waals surface area contributed by atoms with Gasteiger partial charge in [0.25, 0.3) is 0 Å². The van der Waals surface area contributed by atoms with Crippen molar-refractivity contribution in [1.29, 1.82) is 0 Å². The fourth-order valence-corrected chi connectivity index (χ4v) is 1.97. The van der Waals surface area contributed by atoms with Crippen molar-refractivity contribution >= 4 is 0 Å². The van der Waals surface area contributed by atoms with Crippen LogP contribution in [-0.4, -0.2) is 11.1 Å². The van der Waals surface area contributed by atoms with Gasteiger partial charge < -0.3 is 10.8 Å². The lowest BCUT2D eigenvalue weighted by atomic mass is 9.96. The van der Waals surface area contributed by atoms with E-state index in [1.54, 1.807) is 0 Å². The molecule has 2 atom stereocenters. The van der Waals surface area contributed by atoms with Gasteiger partial charge in [-0.25, -0.2) is 8.78 Å². The molecule has 19 heavy (non-hydrogen) atoms. The zero-order valence-electron chi connectivity index (χ0n) is 10.3. The largest absolute Gasteiger partial charge is 0.387 e. The van der Waals surface area contributed by atoms with Crippen LogP contribution in [-0.2, 0) is 6.42 Å². The number of hydrogen-bond acceptors (Lipinski definition) is 2. The molecule has 2 rings (SSSR count). The lowest BCUT2D eigenvalue weighted by Gasteiger charge is -2.19. The van der Waals surface area contributed by atoms with E-state index in [1.165, 1.54) is 6.07 Å². The molecule has 2 aromatic rings. The average molecular weight is 263 g/mol. The highest BCUT2D eigenvalue weighted by Gasteiger charge is 2.20. The van der Waals surface area contributed by atoms with Crippen molar-refractivity contribution in [3.05, 3.63) is 71.3 Å². The predicted octanol–water partition coefficient (Wildman–Crippen LogP) is 2.57. The summed E-state index contributed by atoms with van der Waals surface area (Å²) in [5.41, 5.74) is 6.85. The van der Waals surface area contributed by atoms with Gasteiger partial charge >= 0.3 is 0 Å². The molecule has 0 heterocycles. The SMILES string of the molecule is NC(Cc1ccccc1)C(O)c1ccc(F)cc1F. The van der Waals surface area contributed by atoms with Crippen LogP contribution in [0.2, 0.25) is 0 Å². The molecule has 0 amide bonds. The van der Waals surface area contributed by atoms with Gasteiger partial charge in [-0.1, -0.05) is 36.4 Å². The van der Waals surface area contributed by atoms with Gasteiger partial charge in [0.1, 0.15) is 11.6 Å². The van der Waals surface area contributed by atoms with E-state index in [-0.39, 0.29) is 5.56 Å². The van der Waals surface area contributed by atoms with Crippen LogP contribution in [0.5, 0.6) is 0 Å². The first kappa shape index (κ1) is 13.6. The Labute approximate surface area is 110 Å². The van der Waals surface area contributed by atoms with E-state index < -0.39 is 23.8 Å². The topological polar surface area (TPSA) is 46.2 Å². The van der Waals surface area contributed by atoms with Crippen LogP contribution in [0, 0.1) is 11.6 Å². The maximum Gasteiger partial charge on any atom is 0.131 e. The summed E-state index contributed by atoms with van der Waals surface area (Å²) in [7, 11) is 0. The van der Waals surface area contributed by atoms with E-state index >= 15 is 0 Å². The first-order valence-corrected chi connectivity index (χ1v) is 6.00. The fraction of sp³-hybridized carbons (Fsp3) is 0.200. The van der Waals surface area contributed by atoms with Gasteiger partial charge in [0.2, 0.25) is 0 Å². The third kappa shape index (κ3) is 3.36. The minimum Gasteiger partial charge on any atom is -0.387 e. The molecule has 3 N–H and O–H groups in total. The molecular weight excluding hydrogens is 248 g/mol. The predicted molar refractivity (Wildman–Crippen MR) is 69.4 cm³/mol. The van der Waals surface area contributed by atoms with Crippen LogP contribution >= 0.6 is 0 Å². The lowest BCUT2D eigenvalue weighted by molar-refractivity contribution is 0.141. The molecule has 100 valence electrons. The van der Waals surface area contributed by atoms with Gasteiger partial charge in [0, 0.05) is 17.7 Å². The number of aliphatic hydroxyl groups excluding tert-OH is 1. The van der Waals surface area contributed by atoms with Crippen molar-refractivity contribution in [2.75, 3.05) is 0 Å². The van der Waals surface area contributed by atoms with Gasteiger partial charge in [-0.3, -0.25) is 0 Å². The smallest absolute Gasteiger partial charge is 0.131 e. The Hall–Kier alpha value is -1.78. The van der Waals surface area contributed by atoms with E-state index in [2.05, 4.69) is 0 Å². The highest BCUT2D eigenvalue weighted by Crippen LogP contribution is 2.22. The molecule has 0 spiro atoms. The highest BCUT2D eigenvalue weighted by molar-refractivity contribution is 5.23. The molecule has 0 aromatic heterocycles. The Morgan fingerprint density at radius 1 is 1.05 bits per heavy atom. The summed E-state index contributed by atoms with van der Waals surface area (Å²) in [6.07, 6.45) is -0.750. The molecule has 0 saturated heterocycles. The maximum atomic E-state index is 13.5. The molecule has 0 aliphatic rings. The molecule has 0 saturated carbocycles. The zero-order valence-corrected chi connectivity index (χ0v) is 10.3. The van der Waals surface area contributed by atoms with Crippen molar-refractivity contribution in [2.24, 2.45) is 5.73 Å². The standard InChI is InChI=1S/C15H15F2NO/c16-11-6-7-12(13(17)9-11)15(19)14(18)8-10-4-2-1-3-5-10/h1-7,9,14-15,19H,8,18H2. The second kappa shape index (κ2) is 5.91. The van der Waals surface area contributed by atoms with Crippen LogP contribution in [0.25, 0.3) is 0 Å². The third-order valence-corrected chi connectivity index (χ3v) is 3.00. The number of halogens is 2. The Morgan fingerprint density at radius 3 is 2.37 bits per heavy atom. The normalized spacial score (nSPS) is 14.1. The van der Waals surface area contributed by atoms with E-state index in [9.17, 15) is 13.9 Å². The van der Waals surface area contributed by atoms with Gasteiger partial charge in [0.05, 0.1) is 6.10 Å². The van der Waals surface area contributed by atoms with Crippen LogP contribution < -0.4 is 5.73 Å². The van der Waals surface area contributed by atoms with Crippen LogP contribution in [0.4, 0.5) is 8.78 Å². The third-order valence-electron chi connectivity index (χ3n) is 3.00. The van der Waals surface area contributed by atoms with Crippen molar-refractivity contribution in [3.63, 3.8) is 0 Å². The van der Waals surface area contributed by atoms with Crippen molar-refractivity contribution < 1.29 is 13.9 Å². The van der Waals surface area contributed by atoms with Crippen molar-refractivity contribution in [1.82, 2.24) is 0 Å². The Kier molecular flexibility index (Phi) is 4.24.